The Labute approximate surface area is 117 Å². The first-order valence-corrected chi connectivity index (χ1v) is 6.31. The molecule has 20 heavy (non-hydrogen) atoms. The molecule has 5 nitrogen and oxygen atoms in total. The minimum atomic E-state index is -1.12. The molecule has 1 aliphatic carbocycles. The number of carboxylic acid groups (broad SMARTS) is 1. The summed E-state index contributed by atoms with van der Waals surface area (Å²) < 4.78 is 0. The Hall–Kier alpha value is -2.43. The lowest BCUT2D eigenvalue weighted by Gasteiger charge is -2.36. The maximum Gasteiger partial charge on any atom is 0.316 e. The molecule has 2 rings (SSSR count). The van der Waals surface area contributed by atoms with E-state index in [0.717, 1.165) is 5.69 Å². The number of aliphatic carboxylic acids is 1. The molecule has 0 bridgehead atoms. The molecule has 0 radical (unpaired) electrons. The third-order valence-corrected chi connectivity index (χ3v) is 3.67. The second kappa shape index (κ2) is 5.28. The second-order valence-electron chi connectivity index (χ2n) is 5.05. The fourth-order valence-electron chi connectivity index (χ4n) is 1.96. The van der Waals surface area contributed by atoms with E-state index in [4.69, 9.17) is 0 Å². The molecule has 0 aliphatic heterocycles. The van der Waals surface area contributed by atoms with Gasteiger partial charge in [0.05, 0.1) is 5.69 Å². The highest BCUT2D eigenvalue weighted by Crippen LogP contribution is 2.40. The predicted molar refractivity (Wildman–Crippen MR) is 77.3 cm³/mol. The van der Waals surface area contributed by atoms with Crippen molar-refractivity contribution in [3.05, 3.63) is 54.6 Å². The summed E-state index contributed by atoms with van der Waals surface area (Å²) in [7, 11) is 0. The van der Waals surface area contributed by atoms with Crippen LogP contribution in [0.25, 0.3) is 0 Å². The third-order valence-electron chi connectivity index (χ3n) is 3.67. The van der Waals surface area contributed by atoms with E-state index in [2.05, 4.69) is 15.8 Å². The summed E-state index contributed by atoms with van der Waals surface area (Å²) in [6, 6.07) is 9.37. The summed E-state index contributed by atoms with van der Waals surface area (Å²) in [5, 5.41) is 17.6. The van der Waals surface area contributed by atoms with E-state index in [-0.39, 0.29) is 0 Å². The number of carbonyl (C=O) groups is 1. The van der Waals surface area contributed by atoms with Crippen molar-refractivity contribution in [2.75, 3.05) is 5.43 Å². The van der Waals surface area contributed by atoms with Crippen LogP contribution in [0.4, 0.5) is 5.69 Å². The number of carboxylic acids is 1. The number of hydrogen-bond donors (Lipinski definition) is 2. The third kappa shape index (κ3) is 2.47. The van der Waals surface area contributed by atoms with Gasteiger partial charge in [-0.2, -0.15) is 5.11 Å². The fourth-order valence-corrected chi connectivity index (χ4v) is 1.96. The number of allylic oxidation sites excluding steroid dienone is 2. The van der Waals surface area contributed by atoms with Gasteiger partial charge in [-0.05, 0) is 26.0 Å². The molecule has 0 amide bonds. The zero-order valence-corrected chi connectivity index (χ0v) is 11.4. The molecule has 1 aliphatic rings. The van der Waals surface area contributed by atoms with Crippen LogP contribution < -0.4 is 5.43 Å². The molecule has 0 fully saturated rings. The highest BCUT2D eigenvalue weighted by molar-refractivity contribution is 5.80. The van der Waals surface area contributed by atoms with E-state index in [0.29, 0.717) is 0 Å². The Kier molecular flexibility index (Phi) is 3.70. The lowest BCUT2D eigenvalue weighted by molar-refractivity contribution is -0.147. The number of nitrogens with zero attached hydrogens (tertiary/aromatic N) is 2. The average Bonchev–Trinajstić information content (AvgIpc) is 2.43. The molecule has 0 saturated heterocycles. The van der Waals surface area contributed by atoms with Crippen LogP contribution in [0.15, 0.2) is 65.0 Å². The van der Waals surface area contributed by atoms with Crippen molar-refractivity contribution in [3.63, 3.8) is 0 Å². The van der Waals surface area contributed by atoms with Gasteiger partial charge in [0.2, 0.25) is 0 Å². The van der Waals surface area contributed by atoms with Crippen molar-refractivity contribution in [1.82, 2.24) is 0 Å². The van der Waals surface area contributed by atoms with Crippen molar-refractivity contribution in [1.29, 1.82) is 0 Å². The van der Waals surface area contributed by atoms with Gasteiger partial charge in [0.15, 0.2) is 0 Å². The van der Waals surface area contributed by atoms with Crippen LogP contribution in [0.1, 0.15) is 13.8 Å². The minimum Gasteiger partial charge on any atom is -0.481 e. The van der Waals surface area contributed by atoms with Crippen LogP contribution in [-0.4, -0.2) is 16.6 Å². The maximum atomic E-state index is 11.5. The van der Waals surface area contributed by atoms with Gasteiger partial charge in [0, 0.05) is 0 Å². The summed E-state index contributed by atoms with van der Waals surface area (Å²) in [6.45, 7) is 3.38. The predicted octanol–water partition coefficient (Wildman–Crippen LogP) is 3.44. The molecule has 1 aromatic rings. The Bertz CT molecular complexity index is 580. The molecule has 2 unspecified atom stereocenters. The molecule has 2 N–H and O–H groups in total. The number of para-hydroxylation sites is 1. The summed E-state index contributed by atoms with van der Waals surface area (Å²) in [5.41, 5.74) is 1.54. The second-order valence-corrected chi connectivity index (χ2v) is 5.05. The van der Waals surface area contributed by atoms with Crippen molar-refractivity contribution >= 4 is 11.7 Å². The smallest absolute Gasteiger partial charge is 0.316 e. The van der Waals surface area contributed by atoms with E-state index in [9.17, 15) is 9.90 Å². The number of hydrogen-bond acceptors (Lipinski definition) is 3. The van der Waals surface area contributed by atoms with Crippen molar-refractivity contribution in [2.45, 2.75) is 19.4 Å². The van der Waals surface area contributed by atoms with Gasteiger partial charge in [-0.3, -0.25) is 10.2 Å². The van der Waals surface area contributed by atoms with Crippen molar-refractivity contribution < 1.29 is 9.90 Å². The molecule has 0 aromatic heterocycles. The highest BCUT2D eigenvalue weighted by atomic mass is 16.4. The molecule has 104 valence electrons. The van der Waals surface area contributed by atoms with Crippen molar-refractivity contribution in [3.8, 4) is 0 Å². The molecule has 0 saturated carbocycles. The van der Waals surface area contributed by atoms with Gasteiger partial charge in [-0.1, -0.05) is 47.7 Å². The number of nitrogens with one attached hydrogen (secondary N) is 1. The highest BCUT2D eigenvalue weighted by Gasteiger charge is 2.49. The molecular formula is C15H17N3O2. The first-order chi connectivity index (χ1) is 9.48. The van der Waals surface area contributed by atoms with E-state index < -0.39 is 16.9 Å². The Morgan fingerprint density at radius 1 is 1.15 bits per heavy atom. The average molecular weight is 271 g/mol. The molecule has 5 heteroatoms. The summed E-state index contributed by atoms with van der Waals surface area (Å²) in [6.07, 6.45) is 6.89. The topological polar surface area (TPSA) is 74.0 Å². The summed E-state index contributed by atoms with van der Waals surface area (Å²) >= 11 is 0. The van der Waals surface area contributed by atoms with Gasteiger partial charge < -0.3 is 5.11 Å². The fraction of sp³-hybridized carbons (Fsp3) is 0.267. The SMILES string of the molecule is CC1(N=NNc2ccccc2)C=CC=CC1(C)C(=O)O. The zero-order valence-electron chi connectivity index (χ0n) is 11.4. The lowest BCUT2D eigenvalue weighted by Crippen LogP contribution is -2.46. The molecule has 0 spiro atoms. The first-order valence-electron chi connectivity index (χ1n) is 6.31. The summed E-state index contributed by atoms with van der Waals surface area (Å²) in [4.78, 5) is 11.5. The zero-order chi connectivity index (χ0) is 14.6. The van der Waals surface area contributed by atoms with Crippen molar-refractivity contribution in [2.24, 2.45) is 15.8 Å². The van der Waals surface area contributed by atoms with E-state index in [1.807, 2.05) is 30.3 Å². The Morgan fingerprint density at radius 3 is 2.45 bits per heavy atom. The number of rotatable bonds is 4. The van der Waals surface area contributed by atoms with Crippen LogP contribution in [0, 0.1) is 5.41 Å². The standard InChI is InChI=1S/C15H17N3O2/c1-14(13(19)20)10-6-7-11-15(14,2)17-18-16-12-8-4-3-5-9-12/h3-11H,1-2H3,(H,16,17)(H,19,20). The quantitative estimate of drug-likeness (QED) is 0.650. The van der Waals surface area contributed by atoms with Gasteiger partial charge in [0.1, 0.15) is 11.0 Å². The van der Waals surface area contributed by atoms with Crippen LogP contribution in [-0.2, 0) is 4.79 Å². The van der Waals surface area contributed by atoms with Crippen LogP contribution in [0.5, 0.6) is 0 Å². The summed E-state index contributed by atoms with van der Waals surface area (Å²) in [5.74, 6) is -0.931. The number of anilines is 1. The van der Waals surface area contributed by atoms with Crippen LogP contribution in [0.2, 0.25) is 0 Å². The molecular weight excluding hydrogens is 254 g/mol. The van der Waals surface area contributed by atoms with E-state index in [1.54, 1.807) is 38.2 Å². The monoisotopic (exact) mass is 271 g/mol. The minimum absolute atomic E-state index is 0.798. The Morgan fingerprint density at radius 2 is 1.80 bits per heavy atom. The van der Waals surface area contributed by atoms with E-state index in [1.165, 1.54) is 0 Å². The van der Waals surface area contributed by atoms with Crippen LogP contribution >= 0.6 is 0 Å². The molecule has 2 atom stereocenters. The first kappa shape index (κ1) is 14.0. The van der Waals surface area contributed by atoms with Gasteiger partial charge in [-0.15, -0.1) is 0 Å². The van der Waals surface area contributed by atoms with E-state index >= 15 is 0 Å². The largest absolute Gasteiger partial charge is 0.481 e. The normalized spacial score (nSPS) is 28.7. The molecule has 1 aromatic carbocycles. The number of benzene rings is 1. The Balaban J connectivity index is 2.19. The van der Waals surface area contributed by atoms with Gasteiger partial charge >= 0.3 is 5.97 Å². The maximum absolute atomic E-state index is 11.5. The molecule has 0 heterocycles. The van der Waals surface area contributed by atoms with Gasteiger partial charge in [-0.25, -0.2) is 0 Å². The van der Waals surface area contributed by atoms with Gasteiger partial charge in [0.25, 0.3) is 0 Å². The van der Waals surface area contributed by atoms with Crippen LogP contribution in [0.3, 0.4) is 0 Å². The lowest BCUT2D eigenvalue weighted by atomic mass is 9.70.